The van der Waals surface area contributed by atoms with Crippen molar-refractivity contribution < 1.29 is 9.21 Å². The van der Waals surface area contributed by atoms with Crippen LogP contribution in [-0.4, -0.2) is 30.4 Å². The van der Waals surface area contributed by atoms with E-state index in [4.69, 9.17) is 4.42 Å². The maximum Gasteiger partial charge on any atom is 0.313 e. The zero-order valence-electron chi connectivity index (χ0n) is 13.6. The summed E-state index contributed by atoms with van der Waals surface area (Å²) in [7, 11) is 1.93. The summed E-state index contributed by atoms with van der Waals surface area (Å²) in [6.07, 6.45) is 6.60. The molecule has 0 aliphatic carbocycles. The molecule has 4 aromatic rings. The lowest BCUT2D eigenvalue weighted by atomic mass is 10.1. The number of nitrogens with zero attached hydrogens (tertiary/aromatic N) is 5. The molecule has 8 heteroatoms. The van der Waals surface area contributed by atoms with Crippen molar-refractivity contribution in [3.8, 4) is 11.3 Å². The number of benzene rings is 1. The van der Waals surface area contributed by atoms with E-state index in [1.807, 2.05) is 29.8 Å². The molecule has 4 rings (SSSR count). The minimum Gasteiger partial charge on any atom is -0.441 e. The summed E-state index contributed by atoms with van der Waals surface area (Å²) in [6.45, 7) is 1.74. The molecular weight excluding hydrogens is 320 g/mol. The van der Waals surface area contributed by atoms with Gasteiger partial charge in [-0.25, -0.2) is 19.9 Å². The van der Waals surface area contributed by atoms with Crippen molar-refractivity contribution in [3.05, 3.63) is 54.8 Å². The molecule has 0 saturated heterocycles. The van der Waals surface area contributed by atoms with E-state index in [-0.39, 0.29) is 11.8 Å². The van der Waals surface area contributed by atoms with Gasteiger partial charge in [-0.3, -0.25) is 10.1 Å². The van der Waals surface area contributed by atoms with E-state index in [1.165, 1.54) is 6.26 Å². The third kappa shape index (κ3) is 2.85. The van der Waals surface area contributed by atoms with Crippen LogP contribution in [0.4, 0.5) is 5.95 Å². The molecule has 0 aliphatic rings. The number of hydrogen-bond acceptors (Lipinski definition) is 6. The largest absolute Gasteiger partial charge is 0.441 e. The first-order chi connectivity index (χ1) is 12.1. The fourth-order valence-corrected chi connectivity index (χ4v) is 2.49. The van der Waals surface area contributed by atoms with Gasteiger partial charge in [-0.15, -0.1) is 0 Å². The van der Waals surface area contributed by atoms with E-state index in [0.717, 1.165) is 16.6 Å². The van der Waals surface area contributed by atoms with Gasteiger partial charge in [0.1, 0.15) is 6.26 Å². The average molecular weight is 334 g/mol. The van der Waals surface area contributed by atoms with Gasteiger partial charge >= 0.3 is 5.91 Å². The predicted molar refractivity (Wildman–Crippen MR) is 90.9 cm³/mol. The van der Waals surface area contributed by atoms with Crippen LogP contribution < -0.4 is 5.32 Å². The van der Waals surface area contributed by atoms with E-state index in [0.29, 0.717) is 11.2 Å². The maximum atomic E-state index is 12.1. The Morgan fingerprint density at radius 3 is 2.84 bits per heavy atom. The second kappa shape index (κ2) is 5.82. The highest BCUT2D eigenvalue weighted by atomic mass is 16.4. The lowest BCUT2D eigenvalue weighted by Crippen LogP contribution is -2.14. The Morgan fingerprint density at radius 2 is 2.12 bits per heavy atom. The van der Waals surface area contributed by atoms with Crippen molar-refractivity contribution in [1.29, 1.82) is 0 Å². The molecule has 3 aromatic heterocycles. The molecule has 0 fully saturated rings. The highest BCUT2D eigenvalue weighted by Crippen LogP contribution is 2.23. The molecule has 0 aliphatic heterocycles. The summed E-state index contributed by atoms with van der Waals surface area (Å²) in [4.78, 5) is 28.8. The Hall–Kier alpha value is -3.55. The fraction of sp³-hybridized carbons (Fsp3) is 0.118. The van der Waals surface area contributed by atoms with E-state index in [1.54, 1.807) is 25.6 Å². The SMILES string of the molecule is Cc1coc(C(=O)Nc2ncc3ccc(-c4cncn4C)cc3n2)n1. The molecule has 0 unspecified atom stereocenters. The highest BCUT2D eigenvalue weighted by Gasteiger charge is 2.14. The van der Waals surface area contributed by atoms with Gasteiger partial charge in [-0.05, 0) is 13.0 Å². The van der Waals surface area contributed by atoms with Crippen molar-refractivity contribution >= 4 is 22.8 Å². The molecular formula is C17H14N6O2. The van der Waals surface area contributed by atoms with Gasteiger partial charge in [0.05, 0.1) is 29.4 Å². The number of aromatic nitrogens is 5. The maximum absolute atomic E-state index is 12.1. The second-order valence-electron chi connectivity index (χ2n) is 5.61. The Morgan fingerprint density at radius 1 is 1.24 bits per heavy atom. The number of carbonyl (C=O) groups is 1. The van der Waals surface area contributed by atoms with E-state index < -0.39 is 5.91 Å². The van der Waals surface area contributed by atoms with Crippen LogP contribution in [0.3, 0.4) is 0 Å². The normalized spacial score (nSPS) is 11.0. The summed E-state index contributed by atoms with van der Waals surface area (Å²) in [5, 5.41) is 3.47. The lowest BCUT2D eigenvalue weighted by Gasteiger charge is -2.06. The number of aryl methyl sites for hydroxylation is 2. The summed E-state index contributed by atoms with van der Waals surface area (Å²) in [6, 6.07) is 5.84. The number of nitrogens with one attached hydrogen (secondary N) is 1. The van der Waals surface area contributed by atoms with Gasteiger partial charge in [0.15, 0.2) is 0 Å². The standard InChI is InChI=1S/C17H14N6O2/c1-10-8-25-16(20-10)15(24)22-17-19-6-12-4-3-11(5-13(12)21-17)14-7-18-9-23(14)2/h3-9H,1-2H3,(H,19,21,22,24). The molecule has 0 saturated carbocycles. The molecule has 0 atom stereocenters. The van der Waals surface area contributed by atoms with Gasteiger partial charge in [0.2, 0.25) is 5.95 Å². The van der Waals surface area contributed by atoms with Crippen LogP contribution >= 0.6 is 0 Å². The molecule has 1 N–H and O–H groups in total. The zero-order valence-corrected chi connectivity index (χ0v) is 13.6. The van der Waals surface area contributed by atoms with Gasteiger partial charge < -0.3 is 8.98 Å². The van der Waals surface area contributed by atoms with Gasteiger partial charge in [0, 0.05) is 24.2 Å². The first-order valence-corrected chi connectivity index (χ1v) is 7.57. The third-order valence-electron chi connectivity index (χ3n) is 3.73. The summed E-state index contributed by atoms with van der Waals surface area (Å²) >= 11 is 0. The van der Waals surface area contributed by atoms with Crippen LogP contribution in [0.2, 0.25) is 0 Å². The average Bonchev–Trinajstić information content (AvgIpc) is 3.22. The van der Waals surface area contributed by atoms with E-state index >= 15 is 0 Å². The molecule has 0 spiro atoms. The zero-order chi connectivity index (χ0) is 17.4. The molecule has 8 nitrogen and oxygen atoms in total. The van der Waals surface area contributed by atoms with Crippen molar-refractivity contribution in [3.63, 3.8) is 0 Å². The number of carbonyl (C=O) groups excluding carboxylic acids is 1. The molecule has 3 heterocycles. The predicted octanol–water partition coefficient (Wildman–Crippen LogP) is 2.58. The summed E-state index contributed by atoms with van der Waals surface area (Å²) < 4.78 is 7.01. The minimum atomic E-state index is -0.491. The third-order valence-corrected chi connectivity index (χ3v) is 3.73. The first kappa shape index (κ1) is 15.0. The summed E-state index contributed by atoms with van der Waals surface area (Å²) in [5.41, 5.74) is 3.30. The Labute approximate surface area is 142 Å². The fourth-order valence-electron chi connectivity index (χ4n) is 2.49. The smallest absolute Gasteiger partial charge is 0.313 e. The Kier molecular flexibility index (Phi) is 3.50. The van der Waals surface area contributed by atoms with Crippen molar-refractivity contribution in [2.24, 2.45) is 7.05 Å². The van der Waals surface area contributed by atoms with Crippen LogP contribution in [0.1, 0.15) is 16.4 Å². The van der Waals surface area contributed by atoms with Crippen LogP contribution in [0.15, 0.2) is 47.6 Å². The van der Waals surface area contributed by atoms with Crippen LogP contribution in [0.25, 0.3) is 22.2 Å². The number of rotatable bonds is 3. The van der Waals surface area contributed by atoms with Crippen molar-refractivity contribution in [2.45, 2.75) is 6.92 Å². The van der Waals surface area contributed by atoms with Gasteiger partial charge in [0.25, 0.3) is 5.89 Å². The number of amides is 1. The van der Waals surface area contributed by atoms with Gasteiger partial charge in [-0.2, -0.15) is 0 Å². The van der Waals surface area contributed by atoms with Gasteiger partial charge in [-0.1, -0.05) is 12.1 Å². The monoisotopic (exact) mass is 334 g/mol. The number of hydrogen-bond donors (Lipinski definition) is 1. The molecule has 1 aromatic carbocycles. The summed E-state index contributed by atoms with van der Waals surface area (Å²) in [5.74, 6) is -0.324. The van der Waals surface area contributed by atoms with Crippen molar-refractivity contribution in [1.82, 2.24) is 24.5 Å². The Bertz CT molecular complexity index is 1080. The number of oxazole rings is 1. The highest BCUT2D eigenvalue weighted by molar-refractivity contribution is 6.00. The molecule has 1 amide bonds. The minimum absolute atomic E-state index is 0.0233. The van der Waals surface area contributed by atoms with Crippen molar-refractivity contribution in [2.75, 3.05) is 5.32 Å². The second-order valence-corrected chi connectivity index (χ2v) is 5.61. The van der Waals surface area contributed by atoms with Crippen LogP contribution in [0.5, 0.6) is 0 Å². The molecule has 0 radical (unpaired) electrons. The number of anilines is 1. The number of imidazole rings is 1. The Balaban J connectivity index is 1.67. The number of fused-ring (bicyclic) bond motifs is 1. The molecule has 0 bridgehead atoms. The van der Waals surface area contributed by atoms with Crippen LogP contribution in [-0.2, 0) is 7.05 Å². The first-order valence-electron chi connectivity index (χ1n) is 7.57. The lowest BCUT2D eigenvalue weighted by molar-refractivity contribution is 0.0989. The van der Waals surface area contributed by atoms with Crippen LogP contribution in [0, 0.1) is 6.92 Å². The molecule has 25 heavy (non-hydrogen) atoms. The quantitative estimate of drug-likeness (QED) is 0.618. The van der Waals surface area contributed by atoms with E-state index in [9.17, 15) is 4.79 Å². The molecule has 124 valence electrons. The topological polar surface area (TPSA) is 98.7 Å². The van der Waals surface area contributed by atoms with E-state index in [2.05, 4.69) is 25.3 Å².